The lowest BCUT2D eigenvalue weighted by Gasteiger charge is -2.09. The molecule has 1 rings (SSSR count). The van der Waals surface area contributed by atoms with E-state index < -0.39 is 0 Å². The first-order chi connectivity index (χ1) is 6.19. The fraction of sp³-hybridized carbons (Fsp3) is 0.556. The van der Waals surface area contributed by atoms with Gasteiger partial charge < -0.3 is 4.74 Å². The van der Waals surface area contributed by atoms with Gasteiger partial charge in [0, 0.05) is 13.3 Å². The molecule has 1 heterocycles. The van der Waals surface area contributed by atoms with Crippen molar-refractivity contribution >= 4 is 0 Å². The molecule has 0 bridgehead atoms. The molecule has 4 nitrogen and oxygen atoms in total. The van der Waals surface area contributed by atoms with Crippen molar-refractivity contribution in [3.05, 3.63) is 17.5 Å². The Morgan fingerprint density at radius 2 is 2.46 bits per heavy atom. The van der Waals surface area contributed by atoms with Crippen molar-refractivity contribution in [1.29, 1.82) is 5.26 Å². The SMILES string of the molecule is COCC(C)n1cc(C#N)c(C)n1. The number of aryl methyl sites for hydroxylation is 1. The van der Waals surface area contributed by atoms with Crippen LogP contribution in [0.1, 0.15) is 24.2 Å². The zero-order valence-corrected chi connectivity index (χ0v) is 8.11. The van der Waals surface area contributed by atoms with Crippen molar-refractivity contribution in [3.8, 4) is 6.07 Å². The molecule has 4 heteroatoms. The summed E-state index contributed by atoms with van der Waals surface area (Å²) in [7, 11) is 1.65. The Labute approximate surface area is 77.7 Å². The first kappa shape index (κ1) is 9.75. The summed E-state index contributed by atoms with van der Waals surface area (Å²) in [6.45, 7) is 4.43. The highest BCUT2D eigenvalue weighted by Gasteiger charge is 2.08. The molecule has 70 valence electrons. The highest BCUT2D eigenvalue weighted by atomic mass is 16.5. The minimum absolute atomic E-state index is 0.172. The van der Waals surface area contributed by atoms with Crippen LogP contribution in [0, 0.1) is 18.3 Å². The quantitative estimate of drug-likeness (QED) is 0.702. The number of hydrogen-bond acceptors (Lipinski definition) is 3. The highest BCUT2D eigenvalue weighted by molar-refractivity contribution is 5.29. The van der Waals surface area contributed by atoms with Crippen LogP contribution in [-0.2, 0) is 4.74 Å². The fourth-order valence-corrected chi connectivity index (χ4v) is 1.13. The Morgan fingerprint density at radius 3 is 2.92 bits per heavy atom. The summed E-state index contributed by atoms with van der Waals surface area (Å²) in [5.41, 5.74) is 1.40. The molecule has 1 atom stereocenters. The van der Waals surface area contributed by atoms with Crippen LogP contribution in [0.25, 0.3) is 0 Å². The molecule has 1 unspecified atom stereocenters. The number of ether oxygens (including phenoxy) is 1. The van der Waals surface area contributed by atoms with E-state index in [4.69, 9.17) is 10.00 Å². The van der Waals surface area contributed by atoms with Crippen LogP contribution < -0.4 is 0 Å². The standard InChI is InChI=1S/C9H13N3O/c1-7(6-13-3)12-5-9(4-10)8(2)11-12/h5,7H,6H2,1-3H3. The average molecular weight is 179 g/mol. The van der Waals surface area contributed by atoms with Gasteiger partial charge in [0.25, 0.3) is 0 Å². The predicted molar refractivity (Wildman–Crippen MR) is 48.3 cm³/mol. The second-order valence-corrected chi connectivity index (χ2v) is 3.02. The first-order valence-electron chi connectivity index (χ1n) is 4.13. The monoisotopic (exact) mass is 179 g/mol. The highest BCUT2D eigenvalue weighted by Crippen LogP contribution is 2.09. The van der Waals surface area contributed by atoms with E-state index in [1.54, 1.807) is 18.0 Å². The average Bonchev–Trinajstić information content (AvgIpc) is 2.47. The Morgan fingerprint density at radius 1 is 1.77 bits per heavy atom. The normalized spacial score (nSPS) is 12.5. The maximum Gasteiger partial charge on any atom is 0.103 e. The second kappa shape index (κ2) is 4.06. The molecule has 0 aliphatic carbocycles. The van der Waals surface area contributed by atoms with Gasteiger partial charge in [-0.2, -0.15) is 10.4 Å². The molecule has 0 spiro atoms. The summed E-state index contributed by atoms with van der Waals surface area (Å²) < 4.78 is 6.76. The van der Waals surface area contributed by atoms with Gasteiger partial charge in [-0.25, -0.2) is 0 Å². The van der Waals surface area contributed by atoms with Crippen molar-refractivity contribution in [2.75, 3.05) is 13.7 Å². The molecule has 0 aromatic carbocycles. The third kappa shape index (κ3) is 2.07. The van der Waals surface area contributed by atoms with Gasteiger partial charge in [-0.15, -0.1) is 0 Å². The van der Waals surface area contributed by atoms with E-state index in [0.717, 1.165) is 5.69 Å². The van der Waals surface area contributed by atoms with Crippen molar-refractivity contribution in [1.82, 2.24) is 9.78 Å². The third-order valence-corrected chi connectivity index (χ3v) is 1.90. The van der Waals surface area contributed by atoms with E-state index in [1.807, 2.05) is 13.8 Å². The van der Waals surface area contributed by atoms with Crippen LogP contribution in [0.2, 0.25) is 0 Å². The van der Waals surface area contributed by atoms with E-state index in [9.17, 15) is 0 Å². The van der Waals surface area contributed by atoms with E-state index in [2.05, 4.69) is 11.2 Å². The molecular formula is C9H13N3O. The van der Waals surface area contributed by atoms with Gasteiger partial charge in [-0.1, -0.05) is 0 Å². The summed E-state index contributed by atoms with van der Waals surface area (Å²) in [6.07, 6.45) is 1.75. The minimum atomic E-state index is 0.172. The summed E-state index contributed by atoms with van der Waals surface area (Å²) in [5.74, 6) is 0. The van der Waals surface area contributed by atoms with E-state index in [1.165, 1.54) is 0 Å². The molecule has 0 amide bonds. The molecule has 0 aliphatic rings. The van der Waals surface area contributed by atoms with Gasteiger partial charge in [-0.3, -0.25) is 4.68 Å². The zero-order valence-electron chi connectivity index (χ0n) is 8.11. The van der Waals surface area contributed by atoms with Crippen LogP contribution in [0.5, 0.6) is 0 Å². The lowest BCUT2D eigenvalue weighted by molar-refractivity contribution is 0.157. The van der Waals surface area contributed by atoms with Gasteiger partial charge in [0.2, 0.25) is 0 Å². The molecule has 0 N–H and O–H groups in total. The molecule has 13 heavy (non-hydrogen) atoms. The summed E-state index contributed by atoms with van der Waals surface area (Å²) >= 11 is 0. The number of nitriles is 1. The van der Waals surface area contributed by atoms with E-state index in [-0.39, 0.29) is 6.04 Å². The number of nitrogens with zero attached hydrogens (tertiary/aromatic N) is 3. The van der Waals surface area contributed by atoms with Crippen LogP contribution in [-0.4, -0.2) is 23.5 Å². The molecule has 0 fully saturated rings. The largest absolute Gasteiger partial charge is 0.382 e. The second-order valence-electron chi connectivity index (χ2n) is 3.02. The summed E-state index contributed by atoms with van der Waals surface area (Å²) in [4.78, 5) is 0. The Kier molecular flexibility index (Phi) is 3.04. The van der Waals surface area contributed by atoms with Crippen LogP contribution in [0.4, 0.5) is 0 Å². The van der Waals surface area contributed by atoms with E-state index in [0.29, 0.717) is 12.2 Å². The molecule has 0 aliphatic heterocycles. The van der Waals surface area contributed by atoms with Crippen LogP contribution >= 0.6 is 0 Å². The van der Waals surface area contributed by atoms with Crippen LogP contribution in [0.15, 0.2) is 6.20 Å². The number of hydrogen-bond donors (Lipinski definition) is 0. The van der Waals surface area contributed by atoms with Gasteiger partial charge in [0.05, 0.1) is 23.9 Å². The molecule has 1 aromatic heterocycles. The van der Waals surface area contributed by atoms with Gasteiger partial charge in [-0.05, 0) is 13.8 Å². The molecule has 0 radical (unpaired) electrons. The van der Waals surface area contributed by atoms with Crippen molar-refractivity contribution < 1.29 is 4.74 Å². The Balaban J connectivity index is 2.85. The maximum absolute atomic E-state index is 8.71. The van der Waals surface area contributed by atoms with Gasteiger partial charge >= 0.3 is 0 Å². The number of methoxy groups -OCH3 is 1. The van der Waals surface area contributed by atoms with Gasteiger partial charge in [0.1, 0.15) is 6.07 Å². The minimum Gasteiger partial charge on any atom is -0.382 e. The van der Waals surface area contributed by atoms with Crippen molar-refractivity contribution in [2.45, 2.75) is 19.9 Å². The molecule has 0 saturated carbocycles. The number of rotatable bonds is 3. The number of aromatic nitrogens is 2. The lowest BCUT2D eigenvalue weighted by Crippen LogP contribution is -2.11. The van der Waals surface area contributed by atoms with Crippen molar-refractivity contribution in [2.24, 2.45) is 0 Å². The molecular weight excluding hydrogens is 166 g/mol. The lowest BCUT2D eigenvalue weighted by atomic mass is 10.3. The Bertz CT molecular complexity index is 324. The zero-order chi connectivity index (χ0) is 9.84. The van der Waals surface area contributed by atoms with Crippen molar-refractivity contribution in [3.63, 3.8) is 0 Å². The van der Waals surface area contributed by atoms with Gasteiger partial charge in [0.15, 0.2) is 0 Å². The molecule has 0 saturated heterocycles. The fourth-order valence-electron chi connectivity index (χ4n) is 1.13. The predicted octanol–water partition coefficient (Wildman–Crippen LogP) is 1.27. The Hall–Kier alpha value is -1.34. The summed E-state index contributed by atoms with van der Waals surface area (Å²) in [5, 5.41) is 12.9. The summed E-state index contributed by atoms with van der Waals surface area (Å²) in [6, 6.07) is 2.26. The maximum atomic E-state index is 8.71. The van der Waals surface area contributed by atoms with E-state index >= 15 is 0 Å². The topological polar surface area (TPSA) is 50.8 Å². The smallest absolute Gasteiger partial charge is 0.103 e. The molecule has 1 aromatic rings. The van der Waals surface area contributed by atoms with Crippen LogP contribution in [0.3, 0.4) is 0 Å². The first-order valence-corrected chi connectivity index (χ1v) is 4.13. The third-order valence-electron chi connectivity index (χ3n) is 1.90.